The van der Waals surface area contributed by atoms with Gasteiger partial charge in [-0.2, -0.15) is 5.26 Å². The highest BCUT2D eigenvalue weighted by Gasteiger charge is 2.21. The van der Waals surface area contributed by atoms with Gasteiger partial charge in [-0.05, 0) is 24.0 Å². The fourth-order valence-electron chi connectivity index (χ4n) is 2.36. The van der Waals surface area contributed by atoms with Crippen LogP contribution in [0.15, 0.2) is 29.2 Å². The number of rotatable bonds is 4. The summed E-state index contributed by atoms with van der Waals surface area (Å²) in [6.45, 7) is 4.09. The Kier molecular flexibility index (Phi) is 5.06. The molecule has 1 aliphatic heterocycles. The van der Waals surface area contributed by atoms with E-state index in [1.807, 2.05) is 0 Å². The molecule has 96 valence electrons. The molecule has 1 aromatic rings. The Hall–Kier alpha value is -1.02. The Balaban J connectivity index is 2.14. The average molecular weight is 261 g/mol. The van der Waals surface area contributed by atoms with E-state index >= 15 is 0 Å². The van der Waals surface area contributed by atoms with E-state index in [1.54, 1.807) is 11.8 Å². The predicted octanol–water partition coefficient (Wildman–Crippen LogP) is 2.27. The zero-order valence-electron chi connectivity index (χ0n) is 10.7. The number of nitrogens with zero attached hydrogens (tertiary/aromatic N) is 2. The van der Waals surface area contributed by atoms with E-state index in [9.17, 15) is 0 Å². The van der Waals surface area contributed by atoms with Crippen molar-refractivity contribution in [3.8, 4) is 6.07 Å². The molecule has 0 aliphatic carbocycles. The fraction of sp³-hybridized carbons (Fsp3) is 0.500. The first-order valence-electron chi connectivity index (χ1n) is 6.31. The van der Waals surface area contributed by atoms with Crippen molar-refractivity contribution in [2.75, 3.05) is 32.4 Å². The normalized spacial score (nSPS) is 18.2. The highest BCUT2D eigenvalue weighted by molar-refractivity contribution is 7.98. The Morgan fingerprint density at radius 1 is 1.33 bits per heavy atom. The van der Waals surface area contributed by atoms with Gasteiger partial charge in [-0.25, -0.2) is 0 Å². The predicted molar refractivity (Wildman–Crippen MR) is 75.6 cm³/mol. The Morgan fingerprint density at radius 2 is 2.00 bits per heavy atom. The molecule has 0 amide bonds. The van der Waals surface area contributed by atoms with E-state index in [1.165, 1.54) is 10.5 Å². The van der Waals surface area contributed by atoms with Gasteiger partial charge in [0.05, 0.1) is 12.5 Å². The molecular formula is C14H19N3S. The number of nitrogens with one attached hydrogen (secondary N) is 1. The van der Waals surface area contributed by atoms with Gasteiger partial charge in [0, 0.05) is 37.1 Å². The maximum atomic E-state index is 9.03. The van der Waals surface area contributed by atoms with Crippen LogP contribution in [0.1, 0.15) is 18.0 Å². The largest absolute Gasteiger partial charge is 0.314 e. The fourth-order valence-corrected chi connectivity index (χ4v) is 2.77. The lowest BCUT2D eigenvalue weighted by molar-refractivity contribution is 0.175. The highest BCUT2D eigenvalue weighted by Crippen LogP contribution is 2.26. The third-order valence-corrected chi connectivity index (χ3v) is 4.12. The van der Waals surface area contributed by atoms with Gasteiger partial charge in [-0.1, -0.05) is 12.1 Å². The van der Waals surface area contributed by atoms with E-state index in [0.717, 1.165) is 26.2 Å². The standard InChI is InChI=1S/C14H19N3S/c1-18-13-4-2-12(3-5-13)14(6-7-15)17-10-8-16-9-11-17/h2-5,14,16H,6,8-11H2,1H3/t14-/m0/s1. The van der Waals surface area contributed by atoms with Crippen LogP contribution in [0.2, 0.25) is 0 Å². The van der Waals surface area contributed by atoms with Crippen LogP contribution >= 0.6 is 11.8 Å². The van der Waals surface area contributed by atoms with Gasteiger partial charge in [0.2, 0.25) is 0 Å². The summed E-state index contributed by atoms with van der Waals surface area (Å²) in [7, 11) is 0. The summed E-state index contributed by atoms with van der Waals surface area (Å²) in [5, 5.41) is 12.4. The van der Waals surface area contributed by atoms with Gasteiger partial charge < -0.3 is 5.32 Å². The molecule has 0 spiro atoms. The number of nitriles is 1. The summed E-state index contributed by atoms with van der Waals surface area (Å²) in [6, 6.07) is 11.2. The second-order valence-electron chi connectivity index (χ2n) is 4.44. The Bertz CT molecular complexity index is 404. The lowest BCUT2D eigenvalue weighted by Gasteiger charge is -2.34. The van der Waals surface area contributed by atoms with Gasteiger partial charge in [-0.3, -0.25) is 4.90 Å². The zero-order chi connectivity index (χ0) is 12.8. The van der Waals surface area contributed by atoms with Crippen molar-refractivity contribution in [2.45, 2.75) is 17.4 Å². The van der Waals surface area contributed by atoms with E-state index in [-0.39, 0.29) is 6.04 Å². The molecule has 1 aromatic carbocycles. The highest BCUT2D eigenvalue weighted by atomic mass is 32.2. The second-order valence-corrected chi connectivity index (χ2v) is 5.32. The molecule has 1 N–H and O–H groups in total. The van der Waals surface area contributed by atoms with Crippen molar-refractivity contribution < 1.29 is 0 Å². The van der Waals surface area contributed by atoms with Gasteiger partial charge in [-0.15, -0.1) is 11.8 Å². The number of thioether (sulfide) groups is 1. The minimum Gasteiger partial charge on any atom is -0.314 e. The molecule has 1 saturated heterocycles. The lowest BCUT2D eigenvalue weighted by atomic mass is 10.0. The molecule has 4 heteroatoms. The molecule has 0 saturated carbocycles. The Labute approximate surface area is 113 Å². The minimum atomic E-state index is 0.244. The first-order chi connectivity index (χ1) is 8.85. The van der Waals surface area contributed by atoms with Crippen molar-refractivity contribution in [3.05, 3.63) is 29.8 Å². The van der Waals surface area contributed by atoms with Crippen LogP contribution in [0.5, 0.6) is 0 Å². The third kappa shape index (κ3) is 3.26. The van der Waals surface area contributed by atoms with Crippen LogP contribution < -0.4 is 5.32 Å². The smallest absolute Gasteiger partial charge is 0.0641 e. The number of benzene rings is 1. The van der Waals surface area contributed by atoms with Crippen molar-refractivity contribution in [1.82, 2.24) is 10.2 Å². The maximum absolute atomic E-state index is 9.03. The van der Waals surface area contributed by atoms with Crippen LogP contribution in [0, 0.1) is 11.3 Å². The summed E-state index contributed by atoms with van der Waals surface area (Å²) in [5.41, 5.74) is 1.26. The minimum absolute atomic E-state index is 0.244. The zero-order valence-corrected chi connectivity index (χ0v) is 11.5. The summed E-state index contributed by atoms with van der Waals surface area (Å²) in [5.74, 6) is 0. The molecule has 1 atom stereocenters. The van der Waals surface area contributed by atoms with Gasteiger partial charge >= 0.3 is 0 Å². The molecular weight excluding hydrogens is 242 g/mol. The Morgan fingerprint density at radius 3 is 2.56 bits per heavy atom. The van der Waals surface area contributed by atoms with Crippen molar-refractivity contribution >= 4 is 11.8 Å². The van der Waals surface area contributed by atoms with Crippen molar-refractivity contribution in [1.29, 1.82) is 5.26 Å². The van der Waals surface area contributed by atoms with Crippen molar-refractivity contribution in [3.63, 3.8) is 0 Å². The molecule has 1 aliphatic rings. The topological polar surface area (TPSA) is 39.1 Å². The van der Waals surface area contributed by atoms with Crippen LogP contribution in [0.4, 0.5) is 0 Å². The second kappa shape index (κ2) is 6.79. The first-order valence-corrected chi connectivity index (χ1v) is 7.53. The van der Waals surface area contributed by atoms with Crippen LogP contribution in [-0.2, 0) is 0 Å². The van der Waals surface area contributed by atoms with Crippen LogP contribution in [0.3, 0.4) is 0 Å². The SMILES string of the molecule is CSc1ccc([C@H](CC#N)N2CCNCC2)cc1. The lowest BCUT2D eigenvalue weighted by Crippen LogP contribution is -2.45. The monoisotopic (exact) mass is 261 g/mol. The van der Waals surface area contributed by atoms with Gasteiger partial charge in [0.25, 0.3) is 0 Å². The molecule has 0 aromatic heterocycles. The molecule has 1 heterocycles. The van der Waals surface area contributed by atoms with E-state index < -0.39 is 0 Å². The van der Waals surface area contributed by atoms with E-state index in [0.29, 0.717) is 6.42 Å². The van der Waals surface area contributed by atoms with Crippen LogP contribution in [-0.4, -0.2) is 37.3 Å². The van der Waals surface area contributed by atoms with E-state index in [4.69, 9.17) is 5.26 Å². The number of piperazine rings is 1. The van der Waals surface area contributed by atoms with Crippen molar-refractivity contribution in [2.24, 2.45) is 0 Å². The summed E-state index contributed by atoms with van der Waals surface area (Å²) < 4.78 is 0. The van der Waals surface area contributed by atoms with Gasteiger partial charge in [0.1, 0.15) is 0 Å². The molecule has 0 radical (unpaired) electrons. The third-order valence-electron chi connectivity index (χ3n) is 3.38. The van der Waals surface area contributed by atoms with Gasteiger partial charge in [0.15, 0.2) is 0 Å². The number of hydrogen-bond donors (Lipinski definition) is 1. The first kappa shape index (κ1) is 13.4. The quantitative estimate of drug-likeness (QED) is 0.844. The molecule has 18 heavy (non-hydrogen) atoms. The number of hydrogen-bond acceptors (Lipinski definition) is 4. The van der Waals surface area contributed by atoms with E-state index in [2.05, 4.69) is 46.8 Å². The van der Waals surface area contributed by atoms with Crippen LogP contribution in [0.25, 0.3) is 0 Å². The molecule has 3 nitrogen and oxygen atoms in total. The molecule has 2 rings (SSSR count). The molecule has 0 unspecified atom stereocenters. The summed E-state index contributed by atoms with van der Waals surface area (Å²) in [4.78, 5) is 3.68. The molecule has 0 bridgehead atoms. The molecule has 1 fully saturated rings. The average Bonchev–Trinajstić information content (AvgIpc) is 2.46. The maximum Gasteiger partial charge on any atom is 0.0641 e. The summed E-state index contributed by atoms with van der Waals surface area (Å²) >= 11 is 1.75. The summed E-state index contributed by atoms with van der Waals surface area (Å²) in [6.07, 6.45) is 2.65.